The van der Waals surface area contributed by atoms with Crippen LogP contribution in [0.2, 0.25) is 0 Å². The van der Waals surface area contributed by atoms with Crippen molar-refractivity contribution in [3.8, 4) is 0 Å². The van der Waals surface area contributed by atoms with E-state index in [0.717, 1.165) is 37.5 Å². The predicted octanol–water partition coefficient (Wildman–Crippen LogP) is 5.33. The summed E-state index contributed by atoms with van der Waals surface area (Å²) >= 11 is 0. The maximum atomic E-state index is 12.3. The minimum atomic E-state index is -0.774. The zero-order chi connectivity index (χ0) is 19.6. The Hall–Kier alpha value is -0.490. The lowest BCUT2D eigenvalue weighted by Crippen LogP contribution is -2.64. The Labute approximate surface area is 168 Å². The van der Waals surface area contributed by atoms with Crippen molar-refractivity contribution in [3.63, 3.8) is 0 Å². The van der Waals surface area contributed by atoms with Gasteiger partial charge in [0.25, 0.3) is 0 Å². The maximum Gasteiger partial charge on any atom is 0.239 e. The smallest absolute Gasteiger partial charge is 0.239 e. The van der Waals surface area contributed by atoms with Gasteiger partial charge in [-0.25, -0.2) is 0 Å². The number of rotatable bonds is 3. The molecule has 5 aliphatic carbocycles. The molecule has 0 aromatic heterocycles. The second kappa shape index (κ2) is 6.76. The fourth-order valence-corrected chi connectivity index (χ4v) is 6.90. The highest BCUT2D eigenvalue weighted by Gasteiger charge is 2.64. The Morgan fingerprint density at radius 3 is 1.89 bits per heavy atom. The highest BCUT2D eigenvalue weighted by Crippen LogP contribution is 2.61. The lowest BCUT2D eigenvalue weighted by Gasteiger charge is -2.60. The standard InChI is InChI=1S/C23H36O5/c1-21(2,3)14-20(24)13-15-4-6-22(7-5-15)25-27-23(28-26-22)18-9-16-8-17(11-18)12-19(23)10-16/h15-19H,4-14H2,1-3H3. The van der Waals surface area contributed by atoms with E-state index in [2.05, 4.69) is 20.8 Å². The summed E-state index contributed by atoms with van der Waals surface area (Å²) < 4.78 is 0. The molecule has 5 nitrogen and oxygen atoms in total. The molecule has 5 saturated carbocycles. The summed E-state index contributed by atoms with van der Waals surface area (Å²) in [5, 5.41) is 0. The van der Waals surface area contributed by atoms with Crippen LogP contribution in [0.4, 0.5) is 0 Å². The van der Waals surface area contributed by atoms with Gasteiger partial charge in [-0.1, -0.05) is 20.8 Å². The normalized spacial score (nSPS) is 47.8. The van der Waals surface area contributed by atoms with E-state index in [-0.39, 0.29) is 5.41 Å². The van der Waals surface area contributed by atoms with Gasteiger partial charge in [-0.15, -0.1) is 0 Å². The molecule has 6 aliphatic rings. The summed E-state index contributed by atoms with van der Waals surface area (Å²) in [5.41, 5.74) is 0.0667. The average molecular weight is 393 g/mol. The average Bonchev–Trinajstić information content (AvgIpc) is 2.61. The molecule has 1 saturated heterocycles. The molecule has 0 unspecified atom stereocenters. The number of hydrogen-bond acceptors (Lipinski definition) is 5. The van der Waals surface area contributed by atoms with Crippen molar-refractivity contribution in [2.24, 2.45) is 35.0 Å². The van der Waals surface area contributed by atoms with Crippen molar-refractivity contribution >= 4 is 5.78 Å². The third-order valence-electron chi connectivity index (χ3n) is 8.03. The Morgan fingerprint density at radius 1 is 0.857 bits per heavy atom. The molecule has 0 aromatic carbocycles. The summed E-state index contributed by atoms with van der Waals surface area (Å²) in [6.45, 7) is 6.37. The van der Waals surface area contributed by atoms with Crippen LogP contribution in [0.15, 0.2) is 0 Å². The number of Topliss-reactive ketones (excluding diaryl/α,β-unsaturated/α-hetero) is 1. The molecule has 1 aliphatic heterocycles. The third-order valence-corrected chi connectivity index (χ3v) is 8.03. The van der Waals surface area contributed by atoms with E-state index in [1.165, 1.54) is 32.1 Å². The zero-order valence-electron chi connectivity index (χ0n) is 17.7. The van der Waals surface area contributed by atoms with Gasteiger partial charge in [-0.2, -0.15) is 19.6 Å². The van der Waals surface area contributed by atoms with Gasteiger partial charge in [0.1, 0.15) is 5.78 Å². The Kier molecular flexibility index (Phi) is 4.70. The van der Waals surface area contributed by atoms with Crippen LogP contribution in [0.25, 0.3) is 0 Å². The fourth-order valence-electron chi connectivity index (χ4n) is 6.90. The van der Waals surface area contributed by atoms with Crippen LogP contribution >= 0.6 is 0 Å². The summed E-state index contributed by atoms with van der Waals surface area (Å²) in [6.07, 6.45) is 10.8. The van der Waals surface area contributed by atoms with Gasteiger partial charge in [0, 0.05) is 37.5 Å². The van der Waals surface area contributed by atoms with Gasteiger partial charge >= 0.3 is 0 Å². The van der Waals surface area contributed by atoms with E-state index in [9.17, 15) is 4.79 Å². The number of ketones is 1. The Bertz CT molecular complexity index is 573. The van der Waals surface area contributed by atoms with Crippen LogP contribution in [0, 0.1) is 35.0 Å². The molecule has 0 N–H and O–H groups in total. The fraction of sp³-hybridized carbons (Fsp3) is 0.957. The van der Waals surface area contributed by atoms with E-state index in [1.807, 2.05) is 0 Å². The van der Waals surface area contributed by atoms with Crippen molar-refractivity contribution in [3.05, 3.63) is 0 Å². The molecule has 0 amide bonds. The first-order valence-electron chi connectivity index (χ1n) is 11.5. The summed E-state index contributed by atoms with van der Waals surface area (Å²) in [5.74, 6) is 1.86. The van der Waals surface area contributed by atoms with Crippen LogP contribution in [0.3, 0.4) is 0 Å². The first-order chi connectivity index (χ1) is 13.3. The monoisotopic (exact) mass is 392 g/mol. The topological polar surface area (TPSA) is 54.0 Å². The molecule has 28 heavy (non-hydrogen) atoms. The van der Waals surface area contributed by atoms with Crippen molar-refractivity contribution in [1.29, 1.82) is 0 Å². The van der Waals surface area contributed by atoms with Crippen LogP contribution in [0.5, 0.6) is 0 Å². The molecule has 1 heterocycles. The highest BCUT2D eigenvalue weighted by molar-refractivity contribution is 5.79. The lowest BCUT2D eigenvalue weighted by atomic mass is 9.53. The van der Waals surface area contributed by atoms with Crippen molar-refractivity contribution in [1.82, 2.24) is 0 Å². The summed E-state index contributed by atoms with van der Waals surface area (Å²) in [7, 11) is 0. The largest absolute Gasteiger partial charge is 0.300 e. The zero-order valence-corrected chi connectivity index (χ0v) is 17.7. The van der Waals surface area contributed by atoms with Gasteiger partial charge < -0.3 is 0 Å². The van der Waals surface area contributed by atoms with E-state index >= 15 is 0 Å². The quantitative estimate of drug-likeness (QED) is 0.608. The van der Waals surface area contributed by atoms with Crippen LogP contribution in [-0.4, -0.2) is 17.4 Å². The highest BCUT2D eigenvalue weighted by atomic mass is 17.4. The Balaban J connectivity index is 1.15. The van der Waals surface area contributed by atoms with E-state index in [4.69, 9.17) is 19.6 Å². The Morgan fingerprint density at radius 2 is 1.39 bits per heavy atom. The van der Waals surface area contributed by atoms with Gasteiger partial charge in [0.05, 0.1) is 0 Å². The molecule has 6 rings (SSSR count). The van der Waals surface area contributed by atoms with Gasteiger partial charge in [0.2, 0.25) is 11.6 Å². The second-order valence-electron chi connectivity index (χ2n) is 11.7. The van der Waals surface area contributed by atoms with E-state index in [0.29, 0.717) is 36.4 Å². The molecule has 0 atom stereocenters. The van der Waals surface area contributed by atoms with Crippen molar-refractivity contribution in [2.75, 3.05) is 0 Å². The molecule has 4 bridgehead atoms. The molecule has 0 aromatic rings. The van der Waals surface area contributed by atoms with Crippen molar-refractivity contribution < 1.29 is 24.3 Å². The minimum Gasteiger partial charge on any atom is -0.300 e. The van der Waals surface area contributed by atoms with Gasteiger partial charge in [0.15, 0.2) is 0 Å². The lowest BCUT2D eigenvalue weighted by molar-refractivity contribution is -0.680. The summed E-state index contributed by atoms with van der Waals surface area (Å²) in [4.78, 5) is 36.5. The summed E-state index contributed by atoms with van der Waals surface area (Å²) in [6, 6.07) is 0. The van der Waals surface area contributed by atoms with Gasteiger partial charge in [-0.3, -0.25) is 4.79 Å². The SMILES string of the molecule is CC(C)(C)CC(=O)CC1CCC2(CC1)OOC1(OO2)C2CC3CC(C2)CC1C3. The number of carbonyl (C=O) groups is 1. The van der Waals surface area contributed by atoms with Gasteiger partial charge in [-0.05, 0) is 68.1 Å². The first-order valence-corrected chi connectivity index (χ1v) is 11.5. The molecule has 158 valence electrons. The third kappa shape index (κ3) is 3.46. The number of hydrogen-bond donors (Lipinski definition) is 0. The predicted molar refractivity (Wildman–Crippen MR) is 103 cm³/mol. The maximum absolute atomic E-state index is 12.3. The van der Waals surface area contributed by atoms with E-state index < -0.39 is 11.6 Å². The molecular formula is C23H36O5. The molecule has 0 radical (unpaired) electrons. The van der Waals surface area contributed by atoms with E-state index in [1.54, 1.807) is 0 Å². The van der Waals surface area contributed by atoms with Crippen LogP contribution < -0.4 is 0 Å². The number of carbonyl (C=O) groups excluding carboxylic acids is 1. The first kappa shape index (κ1) is 19.5. The molecule has 6 fully saturated rings. The second-order valence-corrected chi connectivity index (χ2v) is 11.7. The molecule has 5 heteroatoms. The van der Waals surface area contributed by atoms with Crippen LogP contribution in [0.1, 0.15) is 91.4 Å². The van der Waals surface area contributed by atoms with Crippen LogP contribution in [-0.2, 0) is 24.3 Å². The minimum absolute atomic E-state index is 0.0667. The molecular weight excluding hydrogens is 356 g/mol. The van der Waals surface area contributed by atoms with Crippen molar-refractivity contribution in [2.45, 2.75) is 103 Å². The molecule has 2 spiro atoms.